The van der Waals surface area contributed by atoms with Crippen molar-refractivity contribution in [1.29, 1.82) is 0 Å². The number of benzene rings is 1. The van der Waals surface area contributed by atoms with E-state index in [1.54, 1.807) is 6.07 Å². The van der Waals surface area contributed by atoms with E-state index in [1.807, 2.05) is 0 Å². The zero-order chi connectivity index (χ0) is 13.4. The van der Waals surface area contributed by atoms with E-state index in [2.05, 4.69) is 9.97 Å². The molecule has 0 bridgehead atoms. The molecule has 3 nitrogen and oxygen atoms in total. The van der Waals surface area contributed by atoms with Gasteiger partial charge < -0.3 is 4.98 Å². The van der Waals surface area contributed by atoms with Crippen molar-refractivity contribution in [3.8, 4) is 11.4 Å². The Labute approximate surface area is 114 Å². The highest BCUT2D eigenvalue weighted by Gasteiger charge is 2.16. The van der Waals surface area contributed by atoms with Gasteiger partial charge in [-0.15, -0.1) is 0 Å². The third-order valence-corrected chi connectivity index (χ3v) is 3.55. The monoisotopic (exact) mass is 278 g/mol. The molecule has 0 unspecified atom stereocenters. The van der Waals surface area contributed by atoms with Gasteiger partial charge in [0.05, 0.1) is 5.69 Å². The predicted molar refractivity (Wildman–Crippen MR) is 71.9 cm³/mol. The van der Waals surface area contributed by atoms with Gasteiger partial charge in [0.1, 0.15) is 11.6 Å². The molecule has 19 heavy (non-hydrogen) atoms. The summed E-state index contributed by atoms with van der Waals surface area (Å²) >= 11 is 5.82. The fourth-order valence-electron chi connectivity index (χ4n) is 2.43. The number of halogens is 2. The molecule has 1 heterocycles. The van der Waals surface area contributed by atoms with E-state index in [9.17, 15) is 9.18 Å². The molecule has 1 N–H and O–H groups in total. The normalized spacial score (nSPS) is 14.2. The molecule has 0 amide bonds. The van der Waals surface area contributed by atoms with Crippen molar-refractivity contribution < 1.29 is 4.39 Å². The van der Waals surface area contributed by atoms with Crippen LogP contribution in [0.4, 0.5) is 4.39 Å². The summed E-state index contributed by atoms with van der Waals surface area (Å²) in [6.45, 7) is 0. The lowest BCUT2D eigenvalue weighted by atomic mass is 9.97. The van der Waals surface area contributed by atoms with Gasteiger partial charge in [-0.2, -0.15) is 0 Å². The Bertz CT molecular complexity index is 676. The van der Waals surface area contributed by atoms with Gasteiger partial charge in [-0.3, -0.25) is 4.79 Å². The van der Waals surface area contributed by atoms with Gasteiger partial charge in [-0.1, -0.05) is 11.6 Å². The van der Waals surface area contributed by atoms with Crippen molar-refractivity contribution in [2.75, 3.05) is 0 Å². The SMILES string of the molecule is O=c1[nH]c(-c2cc(F)cc(Cl)c2)nc2c1CCCC2. The van der Waals surface area contributed by atoms with Gasteiger partial charge in [0.25, 0.3) is 5.56 Å². The van der Waals surface area contributed by atoms with E-state index in [0.29, 0.717) is 11.4 Å². The minimum absolute atomic E-state index is 0.125. The zero-order valence-electron chi connectivity index (χ0n) is 10.2. The first-order chi connectivity index (χ1) is 9.13. The third-order valence-electron chi connectivity index (χ3n) is 3.33. The van der Waals surface area contributed by atoms with Crippen LogP contribution in [-0.4, -0.2) is 9.97 Å². The standard InChI is InChI=1S/C14H12ClFN2O/c15-9-5-8(6-10(16)7-9)13-17-12-4-2-1-3-11(12)14(19)18-13/h5-7H,1-4H2,(H,17,18,19). The number of nitrogens with one attached hydrogen (secondary N) is 1. The maximum atomic E-state index is 13.3. The summed E-state index contributed by atoms with van der Waals surface area (Å²) in [5.41, 5.74) is 1.96. The number of nitrogens with zero attached hydrogens (tertiary/aromatic N) is 1. The van der Waals surface area contributed by atoms with Gasteiger partial charge in [-0.05, 0) is 43.9 Å². The number of hydrogen-bond donors (Lipinski definition) is 1. The second-order valence-electron chi connectivity index (χ2n) is 4.71. The average molecular weight is 279 g/mol. The van der Waals surface area contributed by atoms with Crippen molar-refractivity contribution in [3.05, 3.63) is 50.7 Å². The van der Waals surface area contributed by atoms with Crippen molar-refractivity contribution in [1.82, 2.24) is 9.97 Å². The van der Waals surface area contributed by atoms with Gasteiger partial charge in [0.2, 0.25) is 0 Å². The van der Waals surface area contributed by atoms with Crippen LogP contribution in [0.15, 0.2) is 23.0 Å². The molecule has 0 saturated heterocycles. The first-order valence-electron chi connectivity index (χ1n) is 6.22. The summed E-state index contributed by atoms with van der Waals surface area (Å²) in [4.78, 5) is 19.2. The number of rotatable bonds is 1. The lowest BCUT2D eigenvalue weighted by molar-refractivity contribution is 0.628. The highest BCUT2D eigenvalue weighted by molar-refractivity contribution is 6.30. The first kappa shape index (κ1) is 12.4. The smallest absolute Gasteiger partial charge is 0.254 e. The van der Waals surface area contributed by atoms with E-state index in [4.69, 9.17) is 11.6 Å². The molecule has 1 aromatic carbocycles. The van der Waals surface area contributed by atoms with Crippen LogP contribution in [0.3, 0.4) is 0 Å². The lowest BCUT2D eigenvalue weighted by Gasteiger charge is -2.14. The molecule has 1 aromatic heterocycles. The van der Waals surface area contributed by atoms with Crippen LogP contribution in [0, 0.1) is 5.82 Å². The van der Waals surface area contributed by atoms with Crippen molar-refractivity contribution in [2.24, 2.45) is 0 Å². The van der Waals surface area contributed by atoms with E-state index in [1.165, 1.54) is 12.1 Å². The molecule has 0 atom stereocenters. The summed E-state index contributed by atoms with van der Waals surface area (Å²) in [6.07, 6.45) is 3.62. The van der Waals surface area contributed by atoms with Crippen LogP contribution in [0.1, 0.15) is 24.1 Å². The summed E-state index contributed by atoms with van der Waals surface area (Å²) in [5.74, 6) is -0.0603. The third kappa shape index (κ3) is 2.40. The van der Waals surface area contributed by atoms with Gasteiger partial charge in [-0.25, -0.2) is 9.37 Å². The Morgan fingerprint density at radius 2 is 2.00 bits per heavy atom. The Balaban J connectivity index is 2.15. The van der Waals surface area contributed by atoms with Crippen LogP contribution in [-0.2, 0) is 12.8 Å². The first-order valence-corrected chi connectivity index (χ1v) is 6.60. The molecule has 2 aromatic rings. The highest BCUT2D eigenvalue weighted by Crippen LogP contribution is 2.23. The van der Waals surface area contributed by atoms with E-state index >= 15 is 0 Å². The Kier molecular flexibility index (Phi) is 3.11. The van der Waals surface area contributed by atoms with Crippen LogP contribution in [0.2, 0.25) is 5.02 Å². The minimum Gasteiger partial charge on any atom is -0.306 e. The number of aryl methyl sites for hydroxylation is 1. The van der Waals surface area contributed by atoms with Crippen LogP contribution >= 0.6 is 11.6 Å². The molecule has 1 aliphatic carbocycles. The fourth-order valence-corrected chi connectivity index (χ4v) is 2.65. The van der Waals surface area contributed by atoms with Crippen LogP contribution in [0.25, 0.3) is 11.4 Å². The Morgan fingerprint density at radius 3 is 2.79 bits per heavy atom. The maximum Gasteiger partial charge on any atom is 0.254 e. The molecule has 1 aliphatic rings. The van der Waals surface area contributed by atoms with E-state index in [0.717, 1.165) is 36.9 Å². The predicted octanol–water partition coefficient (Wildman–Crippen LogP) is 3.11. The van der Waals surface area contributed by atoms with Crippen molar-refractivity contribution in [2.45, 2.75) is 25.7 Å². The number of hydrogen-bond acceptors (Lipinski definition) is 2. The quantitative estimate of drug-likeness (QED) is 0.871. The summed E-state index contributed by atoms with van der Waals surface area (Å²) < 4.78 is 13.3. The van der Waals surface area contributed by atoms with Gasteiger partial charge in [0, 0.05) is 16.1 Å². The topological polar surface area (TPSA) is 45.8 Å². The molecule has 0 radical (unpaired) electrons. The second kappa shape index (κ2) is 4.78. The number of aromatic amines is 1. The van der Waals surface area contributed by atoms with Crippen LogP contribution in [0.5, 0.6) is 0 Å². The summed E-state index contributed by atoms with van der Waals surface area (Å²) in [6, 6.07) is 4.14. The van der Waals surface area contributed by atoms with Gasteiger partial charge >= 0.3 is 0 Å². The molecule has 98 valence electrons. The number of H-pyrrole nitrogens is 1. The second-order valence-corrected chi connectivity index (χ2v) is 5.14. The molecule has 0 aliphatic heterocycles. The number of fused-ring (bicyclic) bond motifs is 1. The average Bonchev–Trinajstić information content (AvgIpc) is 2.37. The molecule has 0 spiro atoms. The lowest BCUT2D eigenvalue weighted by Crippen LogP contribution is -2.21. The summed E-state index contributed by atoms with van der Waals surface area (Å²) in [5, 5.41) is 0.287. The molecular formula is C14H12ClFN2O. The number of aromatic nitrogens is 2. The summed E-state index contributed by atoms with van der Waals surface area (Å²) in [7, 11) is 0. The zero-order valence-corrected chi connectivity index (χ0v) is 10.9. The Hall–Kier alpha value is -1.68. The maximum absolute atomic E-state index is 13.3. The Morgan fingerprint density at radius 1 is 1.21 bits per heavy atom. The van der Waals surface area contributed by atoms with E-state index in [-0.39, 0.29) is 10.6 Å². The van der Waals surface area contributed by atoms with E-state index < -0.39 is 5.82 Å². The molecule has 5 heteroatoms. The molecular weight excluding hydrogens is 267 g/mol. The minimum atomic E-state index is -0.442. The van der Waals surface area contributed by atoms with Crippen molar-refractivity contribution >= 4 is 11.6 Å². The van der Waals surface area contributed by atoms with Crippen LogP contribution < -0.4 is 5.56 Å². The molecule has 0 saturated carbocycles. The van der Waals surface area contributed by atoms with Gasteiger partial charge in [0.15, 0.2) is 0 Å². The highest BCUT2D eigenvalue weighted by atomic mass is 35.5. The van der Waals surface area contributed by atoms with Crippen molar-refractivity contribution in [3.63, 3.8) is 0 Å². The largest absolute Gasteiger partial charge is 0.306 e. The molecule has 3 rings (SSSR count). The molecule has 0 fully saturated rings. The fraction of sp³-hybridized carbons (Fsp3) is 0.286.